The second-order valence-electron chi connectivity index (χ2n) is 4.31. The molecule has 0 bridgehead atoms. The number of nitrogens with one attached hydrogen (secondary N) is 1. The molecule has 106 valence electrons. The Morgan fingerprint density at radius 3 is 2.57 bits per heavy atom. The van der Waals surface area contributed by atoms with Gasteiger partial charge in [0, 0.05) is 4.47 Å². The summed E-state index contributed by atoms with van der Waals surface area (Å²) in [6.45, 7) is 1.76. The third-order valence-electron chi connectivity index (χ3n) is 2.90. The maximum absolute atomic E-state index is 12.2. The first-order valence-electron chi connectivity index (χ1n) is 5.95. The van der Waals surface area contributed by atoms with Gasteiger partial charge in [0.25, 0.3) is 5.56 Å². The molecular formula is C13H9BrN4O2S. The maximum atomic E-state index is 12.2. The van der Waals surface area contributed by atoms with Gasteiger partial charge in [0.2, 0.25) is 5.88 Å². The predicted molar refractivity (Wildman–Crippen MR) is 83.3 cm³/mol. The zero-order chi connectivity index (χ0) is 15.0. The van der Waals surface area contributed by atoms with Crippen LogP contribution >= 0.6 is 27.5 Å². The molecule has 0 saturated carbocycles. The van der Waals surface area contributed by atoms with E-state index in [1.165, 1.54) is 0 Å². The fourth-order valence-electron chi connectivity index (χ4n) is 1.89. The number of aromatic hydroxyl groups is 1. The summed E-state index contributed by atoms with van der Waals surface area (Å²) in [4.78, 5) is 19.6. The van der Waals surface area contributed by atoms with Crippen LogP contribution in [0.1, 0.15) is 5.69 Å². The highest BCUT2D eigenvalue weighted by molar-refractivity contribution is 9.10. The van der Waals surface area contributed by atoms with E-state index in [9.17, 15) is 9.90 Å². The van der Waals surface area contributed by atoms with Crippen molar-refractivity contribution in [1.82, 2.24) is 19.6 Å². The highest BCUT2D eigenvalue weighted by Crippen LogP contribution is 2.28. The largest absolute Gasteiger partial charge is 0.493 e. The van der Waals surface area contributed by atoms with Crippen LogP contribution in [0.5, 0.6) is 5.88 Å². The zero-order valence-corrected chi connectivity index (χ0v) is 13.2. The Hall–Kier alpha value is -2.06. The topological polar surface area (TPSA) is 91.8 Å². The predicted octanol–water partition coefficient (Wildman–Crippen LogP) is 2.73. The molecule has 0 amide bonds. The van der Waals surface area contributed by atoms with Gasteiger partial charge in [0.1, 0.15) is 10.4 Å². The van der Waals surface area contributed by atoms with E-state index in [0.29, 0.717) is 16.1 Å². The molecule has 1 aromatic carbocycles. The third-order valence-corrected chi connectivity index (χ3v) is 4.26. The minimum atomic E-state index is -0.410. The minimum Gasteiger partial charge on any atom is -0.493 e. The van der Waals surface area contributed by atoms with E-state index < -0.39 is 5.56 Å². The van der Waals surface area contributed by atoms with E-state index in [1.807, 2.05) is 0 Å². The molecule has 0 saturated heterocycles. The molecule has 0 aliphatic carbocycles. The summed E-state index contributed by atoms with van der Waals surface area (Å²) in [6, 6.07) is 7.04. The maximum Gasteiger partial charge on any atom is 0.262 e. The van der Waals surface area contributed by atoms with Crippen LogP contribution in [0.4, 0.5) is 0 Å². The summed E-state index contributed by atoms with van der Waals surface area (Å²) >= 11 is 4.44. The molecule has 0 aliphatic heterocycles. The first-order valence-corrected chi connectivity index (χ1v) is 7.51. The van der Waals surface area contributed by atoms with Crippen LogP contribution in [0.2, 0.25) is 0 Å². The number of hydrogen-bond acceptors (Lipinski definition) is 6. The van der Waals surface area contributed by atoms with Gasteiger partial charge in [-0.2, -0.15) is 4.98 Å². The normalized spacial score (nSPS) is 10.8. The number of halogens is 1. The van der Waals surface area contributed by atoms with E-state index in [-0.39, 0.29) is 17.3 Å². The zero-order valence-electron chi connectivity index (χ0n) is 10.8. The van der Waals surface area contributed by atoms with Gasteiger partial charge < -0.3 is 10.1 Å². The van der Waals surface area contributed by atoms with Crippen LogP contribution in [-0.2, 0) is 0 Å². The van der Waals surface area contributed by atoms with Crippen LogP contribution in [-0.4, -0.2) is 24.7 Å². The third kappa shape index (κ3) is 2.59. The monoisotopic (exact) mass is 364 g/mol. The second-order valence-corrected chi connectivity index (χ2v) is 5.98. The molecule has 3 rings (SSSR count). The van der Waals surface area contributed by atoms with Gasteiger partial charge in [-0.1, -0.05) is 32.6 Å². The molecule has 0 fully saturated rings. The molecule has 2 aromatic heterocycles. The van der Waals surface area contributed by atoms with Gasteiger partial charge in [-0.3, -0.25) is 4.79 Å². The molecule has 2 N–H and O–H groups in total. The summed E-state index contributed by atoms with van der Waals surface area (Å²) in [5.74, 6) is -0.0465. The van der Waals surface area contributed by atoms with E-state index >= 15 is 0 Å². The van der Waals surface area contributed by atoms with Crippen molar-refractivity contribution >= 4 is 27.5 Å². The SMILES string of the molecule is Cc1nnsc1-c1nc(O)c(-c2ccc(Br)cc2)c(=O)[nH]1. The van der Waals surface area contributed by atoms with Crippen molar-refractivity contribution in [3.8, 4) is 27.7 Å². The second kappa shape index (κ2) is 5.38. The van der Waals surface area contributed by atoms with Crippen LogP contribution < -0.4 is 5.56 Å². The summed E-state index contributed by atoms with van der Waals surface area (Å²) in [6.07, 6.45) is 0. The van der Waals surface area contributed by atoms with E-state index in [0.717, 1.165) is 16.0 Å². The Morgan fingerprint density at radius 2 is 2.00 bits per heavy atom. The van der Waals surface area contributed by atoms with Gasteiger partial charge in [0.15, 0.2) is 5.82 Å². The lowest BCUT2D eigenvalue weighted by Gasteiger charge is -2.05. The number of aromatic nitrogens is 4. The van der Waals surface area contributed by atoms with Gasteiger partial charge >= 0.3 is 0 Å². The molecule has 6 nitrogen and oxygen atoms in total. The standard InChI is InChI=1S/C13H9BrN4O2S/c1-6-10(21-18-17-6)11-15-12(19)9(13(20)16-11)7-2-4-8(14)5-3-7/h2-5H,1H3,(H2,15,16,19,20). The number of aryl methyl sites for hydroxylation is 1. The fraction of sp³-hybridized carbons (Fsp3) is 0.0769. The molecule has 21 heavy (non-hydrogen) atoms. The van der Waals surface area contributed by atoms with Gasteiger partial charge in [-0.25, -0.2) is 0 Å². The average Bonchev–Trinajstić information content (AvgIpc) is 2.86. The molecule has 2 heterocycles. The lowest BCUT2D eigenvalue weighted by atomic mass is 10.1. The smallest absolute Gasteiger partial charge is 0.262 e. The van der Waals surface area contributed by atoms with Gasteiger partial charge in [-0.15, -0.1) is 5.10 Å². The highest BCUT2D eigenvalue weighted by atomic mass is 79.9. The summed E-state index contributed by atoms with van der Waals surface area (Å²) in [5.41, 5.74) is 0.975. The number of aromatic amines is 1. The Balaban J connectivity index is 2.15. The average molecular weight is 365 g/mol. The number of rotatable bonds is 2. The first-order chi connectivity index (χ1) is 10.1. The van der Waals surface area contributed by atoms with Crippen molar-refractivity contribution in [1.29, 1.82) is 0 Å². The lowest BCUT2D eigenvalue weighted by Crippen LogP contribution is -2.12. The fourth-order valence-corrected chi connectivity index (χ4v) is 2.76. The lowest BCUT2D eigenvalue weighted by molar-refractivity contribution is 0.454. The van der Waals surface area contributed by atoms with Crippen molar-refractivity contribution in [2.24, 2.45) is 0 Å². The molecule has 0 radical (unpaired) electrons. The van der Waals surface area contributed by atoms with Crippen LogP contribution in [0.25, 0.3) is 21.8 Å². The first kappa shape index (κ1) is 13.9. The molecular weight excluding hydrogens is 356 g/mol. The van der Waals surface area contributed by atoms with Crippen molar-refractivity contribution in [2.75, 3.05) is 0 Å². The highest BCUT2D eigenvalue weighted by Gasteiger charge is 2.16. The number of nitrogens with zero attached hydrogens (tertiary/aromatic N) is 3. The summed E-state index contributed by atoms with van der Waals surface area (Å²) in [5, 5.41) is 14.0. The van der Waals surface area contributed by atoms with Crippen LogP contribution in [0, 0.1) is 6.92 Å². The van der Waals surface area contributed by atoms with Crippen LogP contribution in [0.15, 0.2) is 33.5 Å². The minimum absolute atomic E-state index is 0.140. The van der Waals surface area contributed by atoms with Crippen molar-refractivity contribution in [2.45, 2.75) is 6.92 Å². The molecule has 0 aliphatic rings. The van der Waals surface area contributed by atoms with Crippen molar-refractivity contribution in [3.05, 3.63) is 44.8 Å². The molecule has 0 unspecified atom stereocenters. The number of hydrogen-bond donors (Lipinski definition) is 2. The van der Waals surface area contributed by atoms with Crippen molar-refractivity contribution in [3.63, 3.8) is 0 Å². The quantitative estimate of drug-likeness (QED) is 0.729. The van der Waals surface area contributed by atoms with E-state index in [4.69, 9.17) is 0 Å². The van der Waals surface area contributed by atoms with Crippen LogP contribution in [0.3, 0.4) is 0 Å². The Labute approximate surface area is 131 Å². The molecule has 8 heteroatoms. The van der Waals surface area contributed by atoms with Gasteiger partial charge in [-0.05, 0) is 36.2 Å². The molecule has 3 aromatic rings. The molecule has 0 spiro atoms. The Bertz CT molecular complexity index is 857. The van der Waals surface area contributed by atoms with E-state index in [2.05, 4.69) is 35.5 Å². The number of H-pyrrole nitrogens is 1. The van der Waals surface area contributed by atoms with Gasteiger partial charge in [0.05, 0.1) is 5.69 Å². The van der Waals surface area contributed by atoms with Crippen molar-refractivity contribution < 1.29 is 5.11 Å². The summed E-state index contributed by atoms with van der Waals surface area (Å²) in [7, 11) is 0. The Morgan fingerprint density at radius 1 is 1.29 bits per heavy atom. The summed E-state index contributed by atoms with van der Waals surface area (Å²) < 4.78 is 4.68. The number of benzene rings is 1. The molecule has 0 atom stereocenters. The van der Waals surface area contributed by atoms with E-state index in [1.54, 1.807) is 31.2 Å². The Kier molecular flexibility index (Phi) is 3.56.